The van der Waals surface area contributed by atoms with E-state index >= 15 is 0 Å². The molecule has 3 aromatic rings. The summed E-state index contributed by atoms with van der Waals surface area (Å²) >= 11 is 1.65. The topological polar surface area (TPSA) is 60.2 Å². The zero-order chi connectivity index (χ0) is 22.9. The molecule has 0 atom stereocenters. The number of rotatable bonds is 4. The molecule has 1 saturated heterocycles. The van der Waals surface area contributed by atoms with Gasteiger partial charge < -0.3 is 9.64 Å². The van der Waals surface area contributed by atoms with E-state index in [1.165, 1.54) is 10.2 Å². The molecule has 0 N–H and O–H groups in total. The van der Waals surface area contributed by atoms with Gasteiger partial charge in [-0.1, -0.05) is 44.7 Å². The highest BCUT2D eigenvalue weighted by molar-refractivity contribution is 7.99. The Kier molecular flexibility index (Phi) is 6.40. The number of ether oxygens (including phenoxy) is 1. The Balaban J connectivity index is 1.52. The van der Waals surface area contributed by atoms with Gasteiger partial charge in [0.2, 0.25) is 0 Å². The number of anilines is 1. The highest BCUT2D eigenvalue weighted by Crippen LogP contribution is 2.34. The van der Waals surface area contributed by atoms with Gasteiger partial charge in [-0.25, -0.2) is 4.98 Å². The molecular formula is C25H30N4O2S. The number of nitrogens with zero attached hydrogens (tertiary/aromatic N) is 4. The SMILES string of the molecule is Cc1nn(C(=O)c2ccc(N3CCOCC3)nc2)c(C)c1Sc1ccc(C(C)(C)C)cc1. The molecule has 168 valence electrons. The molecule has 6 nitrogen and oxygen atoms in total. The van der Waals surface area contributed by atoms with Crippen LogP contribution < -0.4 is 4.90 Å². The van der Waals surface area contributed by atoms with Gasteiger partial charge >= 0.3 is 0 Å². The Bertz CT molecular complexity index is 1090. The number of aromatic nitrogens is 3. The van der Waals surface area contributed by atoms with Crippen LogP contribution in [-0.4, -0.2) is 47.0 Å². The molecule has 2 aromatic heterocycles. The number of carbonyl (C=O) groups excluding carboxylic acids is 1. The molecule has 1 fully saturated rings. The number of hydrogen-bond acceptors (Lipinski definition) is 6. The molecule has 4 rings (SSSR count). The zero-order valence-corrected chi connectivity index (χ0v) is 20.2. The second-order valence-electron chi connectivity index (χ2n) is 9.10. The van der Waals surface area contributed by atoms with Crippen molar-refractivity contribution in [3.8, 4) is 0 Å². The predicted octanol–water partition coefficient (Wildman–Crippen LogP) is 4.87. The maximum Gasteiger partial charge on any atom is 0.279 e. The molecule has 0 aliphatic carbocycles. The Labute approximate surface area is 194 Å². The first-order valence-electron chi connectivity index (χ1n) is 10.9. The third kappa shape index (κ3) is 4.74. The molecule has 0 unspecified atom stereocenters. The Morgan fingerprint density at radius 2 is 1.72 bits per heavy atom. The second kappa shape index (κ2) is 9.08. The van der Waals surface area contributed by atoms with Gasteiger partial charge in [0.05, 0.1) is 35.1 Å². The van der Waals surface area contributed by atoms with Gasteiger partial charge in [0.15, 0.2) is 0 Å². The van der Waals surface area contributed by atoms with Crippen molar-refractivity contribution >= 4 is 23.5 Å². The summed E-state index contributed by atoms with van der Waals surface area (Å²) < 4.78 is 6.89. The summed E-state index contributed by atoms with van der Waals surface area (Å²) in [7, 11) is 0. The van der Waals surface area contributed by atoms with E-state index in [4.69, 9.17) is 4.74 Å². The molecule has 1 aliphatic heterocycles. The minimum absolute atomic E-state index is 0.123. The van der Waals surface area contributed by atoms with Crippen LogP contribution in [0.25, 0.3) is 0 Å². The average Bonchev–Trinajstić information content (AvgIpc) is 3.07. The van der Waals surface area contributed by atoms with E-state index in [1.807, 2.05) is 26.0 Å². The van der Waals surface area contributed by atoms with Crippen LogP contribution in [0.3, 0.4) is 0 Å². The quantitative estimate of drug-likeness (QED) is 0.565. The smallest absolute Gasteiger partial charge is 0.279 e. The van der Waals surface area contributed by atoms with Gasteiger partial charge in [-0.05, 0) is 49.1 Å². The van der Waals surface area contributed by atoms with Crippen molar-refractivity contribution in [1.29, 1.82) is 0 Å². The molecule has 0 spiro atoms. The fourth-order valence-electron chi connectivity index (χ4n) is 3.73. The largest absolute Gasteiger partial charge is 0.378 e. The van der Waals surface area contributed by atoms with Gasteiger partial charge in [0.1, 0.15) is 5.82 Å². The third-order valence-corrected chi connectivity index (χ3v) is 6.99. The van der Waals surface area contributed by atoms with Crippen LogP contribution in [0.15, 0.2) is 52.4 Å². The molecule has 0 amide bonds. The zero-order valence-electron chi connectivity index (χ0n) is 19.4. The van der Waals surface area contributed by atoms with Gasteiger partial charge in [0, 0.05) is 24.2 Å². The van der Waals surface area contributed by atoms with Crippen LogP contribution in [0.5, 0.6) is 0 Å². The van der Waals surface area contributed by atoms with Crippen LogP contribution in [-0.2, 0) is 10.2 Å². The van der Waals surface area contributed by atoms with Crippen LogP contribution >= 0.6 is 11.8 Å². The van der Waals surface area contributed by atoms with Crippen molar-refractivity contribution in [3.05, 3.63) is 65.1 Å². The van der Waals surface area contributed by atoms with E-state index in [2.05, 4.69) is 60.0 Å². The van der Waals surface area contributed by atoms with Crippen LogP contribution in [0.1, 0.15) is 48.1 Å². The van der Waals surface area contributed by atoms with Crippen molar-refractivity contribution in [3.63, 3.8) is 0 Å². The highest BCUT2D eigenvalue weighted by Gasteiger charge is 2.20. The van der Waals surface area contributed by atoms with Crippen molar-refractivity contribution < 1.29 is 9.53 Å². The van der Waals surface area contributed by atoms with Crippen molar-refractivity contribution in [1.82, 2.24) is 14.8 Å². The van der Waals surface area contributed by atoms with E-state index in [9.17, 15) is 4.79 Å². The van der Waals surface area contributed by atoms with Crippen LogP contribution in [0.4, 0.5) is 5.82 Å². The number of aryl methyl sites for hydroxylation is 1. The summed E-state index contributed by atoms with van der Waals surface area (Å²) in [4.78, 5) is 22.0. The summed E-state index contributed by atoms with van der Waals surface area (Å²) in [5.41, 5.74) is 3.64. The fraction of sp³-hybridized carbons (Fsp3) is 0.400. The van der Waals surface area contributed by atoms with Crippen molar-refractivity contribution in [2.24, 2.45) is 0 Å². The van der Waals surface area contributed by atoms with Gasteiger partial charge in [0.25, 0.3) is 5.91 Å². The minimum atomic E-state index is -0.165. The highest BCUT2D eigenvalue weighted by atomic mass is 32.2. The molecule has 1 aliphatic rings. The average molecular weight is 451 g/mol. The lowest BCUT2D eigenvalue weighted by Gasteiger charge is -2.27. The number of morpholine rings is 1. The van der Waals surface area contributed by atoms with E-state index in [1.54, 1.807) is 18.0 Å². The first-order valence-corrected chi connectivity index (χ1v) is 11.7. The molecule has 7 heteroatoms. The molecule has 0 bridgehead atoms. The van der Waals surface area contributed by atoms with Crippen molar-refractivity contribution in [2.75, 3.05) is 31.2 Å². The number of pyridine rings is 1. The molecule has 32 heavy (non-hydrogen) atoms. The Hall–Kier alpha value is -2.64. The van der Waals surface area contributed by atoms with E-state index in [0.717, 1.165) is 40.1 Å². The summed E-state index contributed by atoms with van der Waals surface area (Å²) in [5.74, 6) is 0.703. The normalized spacial score (nSPS) is 14.6. The van der Waals surface area contributed by atoms with Crippen molar-refractivity contribution in [2.45, 2.75) is 49.8 Å². The standard InChI is InChI=1S/C25H30N4O2S/c1-17-23(32-21-9-7-20(8-10-21)25(3,4)5)18(2)29(27-17)24(30)19-6-11-22(26-16-19)28-12-14-31-15-13-28/h6-11,16H,12-15H2,1-5H3. The fourth-order valence-corrected chi connectivity index (χ4v) is 4.66. The number of carbonyl (C=O) groups is 1. The predicted molar refractivity (Wildman–Crippen MR) is 128 cm³/mol. The summed E-state index contributed by atoms with van der Waals surface area (Å²) in [5, 5.41) is 4.54. The molecule has 0 saturated carbocycles. The van der Waals surface area contributed by atoms with Crippen LogP contribution in [0, 0.1) is 13.8 Å². The van der Waals surface area contributed by atoms with E-state index in [0.29, 0.717) is 18.8 Å². The maximum absolute atomic E-state index is 13.1. The number of benzene rings is 1. The first-order chi connectivity index (χ1) is 15.2. The lowest BCUT2D eigenvalue weighted by molar-refractivity contribution is 0.0941. The minimum Gasteiger partial charge on any atom is -0.378 e. The second-order valence-corrected chi connectivity index (χ2v) is 10.2. The Morgan fingerprint density at radius 3 is 2.31 bits per heavy atom. The Morgan fingerprint density at radius 1 is 1.03 bits per heavy atom. The first kappa shape index (κ1) is 22.6. The van der Waals surface area contributed by atoms with E-state index < -0.39 is 0 Å². The molecule has 3 heterocycles. The summed E-state index contributed by atoms with van der Waals surface area (Å²) in [6.07, 6.45) is 1.64. The summed E-state index contributed by atoms with van der Waals surface area (Å²) in [6.45, 7) is 13.6. The summed E-state index contributed by atoms with van der Waals surface area (Å²) in [6, 6.07) is 12.3. The van der Waals surface area contributed by atoms with E-state index in [-0.39, 0.29) is 11.3 Å². The maximum atomic E-state index is 13.1. The number of hydrogen-bond donors (Lipinski definition) is 0. The van der Waals surface area contributed by atoms with Gasteiger partial charge in [-0.2, -0.15) is 9.78 Å². The molecule has 1 aromatic carbocycles. The molecule has 0 radical (unpaired) electrons. The van der Waals surface area contributed by atoms with Gasteiger partial charge in [-0.3, -0.25) is 4.79 Å². The van der Waals surface area contributed by atoms with Crippen LogP contribution in [0.2, 0.25) is 0 Å². The monoisotopic (exact) mass is 450 g/mol. The lowest BCUT2D eigenvalue weighted by atomic mass is 9.87. The lowest BCUT2D eigenvalue weighted by Crippen LogP contribution is -2.36. The molecular weight excluding hydrogens is 420 g/mol. The van der Waals surface area contributed by atoms with Gasteiger partial charge in [-0.15, -0.1) is 0 Å². The third-order valence-electron chi connectivity index (χ3n) is 5.69.